The smallest absolute Gasteiger partial charge is 0.220 e. The maximum atomic E-state index is 11.9. The van der Waals surface area contributed by atoms with Gasteiger partial charge in [-0.05, 0) is 30.5 Å². The molecule has 0 spiro atoms. The molecule has 1 aromatic rings. The lowest BCUT2D eigenvalue weighted by Gasteiger charge is -2.18. The molecular weight excluding hydrogens is 252 g/mol. The van der Waals surface area contributed by atoms with Gasteiger partial charge in [-0.15, -0.1) is 0 Å². The highest BCUT2D eigenvalue weighted by molar-refractivity contribution is 5.76. The van der Waals surface area contributed by atoms with E-state index in [4.69, 9.17) is 5.73 Å². The van der Waals surface area contributed by atoms with Gasteiger partial charge >= 0.3 is 0 Å². The molecule has 2 rings (SSSR count). The van der Waals surface area contributed by atoms with Crippen molar-refractivity contribution in [2.45, 2.75) is 50.7 Å². The Bertz CT molecular complexity index is 448. The molecule has 0 aliphatic heterocycles. The number of aliphatic hydroxyl groups excluding tert-OH is 1. The van der Waals surface area contributed by atoms with Gasteiger partial charge in [-0.25, -0.2) is 0 Å². The minimum Gasteiger partial charge on any atom is -0.390 e. The molecule has 2 atom stereocenters. The zero-order valence-electron chi connectivity index (χ0n) is 11.8. The summed E-state index contributed by atoms with van der Waals surface area (Å²) in [5.41, 5.74) is 7.62. The lowest BCUT2D eigenvalue weighted by Crippen LogP contribution is -2.33. The number of benzene rings is 1. The van der Waals surface area contributed by atoms with Crippen molar-refractivity contribution in [2.24, 2.45) is 5.73 Å². The second-order valence-electron chi connectivity index (χ2n) is 5.47. The average Bonchev–Trinajstić information content (AvgIpc) is 2.75. The Morgan fingerprint density at radius 3 is 2.80 bits per heavy atom. The molecule has 0 unspecified atom stereocenters. The summed E-state index contributed by atoms with van der Waals surface area (Å²) in [4.78, 5) is 11.9. The van der Waals surface area contributed by atoms with Crippen LogP contribution in [0.5, 0.6) is 0 Å². The van der Waals surface area contributed by atoms with Crippen molar-refractivity contribution >= 4 is 5.91 Å². The van der Waals surface area contributed by atoms with E-state index in [1.165, 1.54) is 0 Å². The lowest BCUT2D eigenvalue weighted by atomic mass is 10.1. The molecule has 4 heteroatoms. The normalized spacial score (nSPS) is 20.7. The predicted molar refractivity (Wildman–Crippen MR) is 79.2 cm³/mol. The van der Waals surface area contributed by atoms with Crippen LogP contribution in [0.3, 0.4) is 0 Å². The molecule has 1 aliphatic rings. The van der Waals surface area contributed by atoms with Crippen molar-refractivity contribution in [3.05, 3.63) is 35.4 Å². The molecule has 1 aliphatic carbocycles. The van der Waals surface area contributed by atoms with Crippen LogP contribution < -0.4 is 11.1 Å². The molecule has 110 valence electrons. The molecule has 0 fully saturated rings. The number of nitrogens with two attached hydrogens (primary N) is 1. The van der Waals surface area contributed by atoms with Gasteiger partial charge in [0, 0.05) is 12.8 Å². The molecule has 0 heterocycles. The third-order valence-electron chi connectivity index (χ3n) is 3.88. The summed E-state index contributed by atoms with van der Waals surface area (Å²) >= 11 is 0. The van der Waals surface area contributed by atoms with Gasteiger partial charge in [-0.3, -0.25) is 4.79 Å². The predicted octanol–water partition coefficient (Wildman–Crippen LogP) is 1.67. The zero-order valence-corrected chi connectivity index (χ0v) is 11.8. The van der Waals surface area contributed by atoms with Gasteiger partial charge in [0.1, 0.15) is 0 Å². The van der Waals surface area contributed by atoms with E-state index in [1.807, 2.05) is 24.3 Å². The Balaban J connectivity index is 1.80. The summed E-state index contributed by atoms with van der Waals surface area (Å²) in [6, 6.07) is 7.66. The summed E-state index contributed by atoms with van der Waals surface area (Å²) in [6.07, 6.45) is 4.67. The van der Waals surface area contributed by atoms with Crippen LogP contribution in [0.1, 0.15) is 49.3 Å². The Morgan fingerprint density at radius 1 is 1.25 bits per heavy atom. The van der Waals surface area contributed by atoms with Gasteiger partial charge in [-0.2, -0.15) is 0 Å². The van der Waals surface area contributed by atoms with Gasteiger partial charge in [-0.1, -0.05) is 37.1 Å². The number of hydrogen-bond acceptors (Lipinski definition) is 3. The summed E-state index contributed by atoms with van der Waals surface area (Å²) in [5, 5.41) is 13.0. The van der Waals surface area contributed by atoms with Crippen molar-refractivity contribution in [3.63, 3.8) is 0 Å². The third-order valence-corrected chi connectivity index (χ3v) is 3.88. The molecule has 20 heavy (non-hydrogen) atoms. The summed E-state index contributed by atoms with van der Waals surface area (Å²) < 4.78 is 0. The van der Waals surface area contributed by atoms with E-state index in [2.05, 4.69) is 5.32 Å². The Labute approximate surface area is 120 Å². The van der Waals surface area contributed by atoms with Crippen molar-refractivity contribution < 1.29 is 9.90 Å². The number of hydrogen-bond donors (Lipinski definition) is 3. The van der Waals surface area contributed by atoms with Crippen molar-refractivity contribution in [1.82, 2.24) is 5.32 Å². The first-order valence-corrected chi connectivity index (χ1v) is 7.47. The van der Waals surface area contributed by atoms with Crippen LogP contribution in [0.15, 0.2) is 24.3 Å². The van der Waals surface area contributed by atoms with Crippen LogP contribution in [0.4, 0.5) is 0 Å². The number of nitrogens with one attached hydrogen (secondary N) is 1. The second kappa shape index (κ2) is 7.41. The molecule has 1 aromatic carbocycles. The Kier molecular flexibility index (Phi) is 5.56. The van der Waals surface area contributed by atoms with Crippen molar-refractivity contribution in [2.75, 3.05) is 6.54 Å². The van der Waals surface area contributed by atoms with Crippen LogP contribution in [-0.2, 0) is 11.2 Å². The third kappa shape index (κ3) is 3.81. The molecule has 0 radical (unpaired) electrons. The van der Waals surface area contributed by atoms with Gasteiger partial charge in [0.25, 0.3) is 0 Å². The minimum absolute atomic E-state index is 0.0264. The minimum atomic E-state index is -0.506. The lowest BCUT2D eigenvalue weighted by molar-refractivity contribution is -0.122. The monoisotopic (exact) mass is 276 g/mol. The van der Waals surface area contributed by atoms with Crippen molar-refractivity contribution in [3.8, 4) is 0 Å². The summed E-state index contributed by atoms with van der Waals surface area (Å²) in [7, 11) is 0. The highest BCUT2D eigenvalue weighted by Crippen LogP contribution is 2.31. The van der Waals surface area contributed by atoms with E-state index in [9.17, 15) is 9.90 Å². The van der Waals surface area contributed by atoms with Gasteiger partial charge in [0.15, 0.2) is 0 Å². The number of unbranched alkanes of at least 4 members (excludes halogenated alkanes) is 3. The number of aliphatic hydroxyl groups is 1. The molecule has 0 saturated carbocycles. The van der Waals surface area contributed by atoms with Crippen LogP contribution in [-0.4, -0.2) is 23.7 Å². The number of fused-ring (bicyclic) bond motifs is 1. The standard InChI is InChI=1S/C16H24N2O2/c17-10-6-2-1-3-9-15(20)18-16-13-8-5-4-7-12(13)11-14(16)19/h4-5,7-8,14,16,19H,1-3,6,9-11,17H2,(H,18,20)/t14-,16+/m1/s1. The molecule has 1 amide bonds. The molecule has 0 bridgehead atoms. The molecule has 0 saturated heterocycles. The summed E-state index contributed by atoms with van der Waals surface area (Å²) in [5.74, 6) is 0.0264. The highest BCUT2D eigenvalue weighted by atomic mass is 16.3. The number of amides is 1. The first-order chi connectivity index (χ1) is 9.72. The van der Waals surface area contributed by atoms with E-state index in [0.717, 1.165) is 43.4 Å². The van der Waals surface area contributed by atoms with E-state index in [0.29, 0.717) is 12.8 Å². The first-order valence-electron chi connectivity index (χ1n) is 7.47. The summed E-state index contributed by atoms with van der Waals surface area (Å²) in [6.45, 7) is 0.719. The largest absolute Gasteiger partial charge is 0.390 e. The number of rotatable bonds is 7. The maximum Gasteiger partial charge on any atom is 0.220 e. The van der Waals surface area contributed by atoms with Crippen LogP contribution in [0.25, 0.3) is 0 Å². The van der Waals surface area contributed by atoms with Gasteiger partial charge < -0.3 is 16.2 Å². The Hall–Kier alpha value is -1.39. The van der Waals surface area contributed by atoms with E-state index >= 15 is 0 Å². The van der Waals surface area contributed by atoms with Crippen LogP contribution in [0, 0.1) is 0 Å². The van der Waals surface area contributed by atoms with Crippen LogP contribution >= 0.6 is 0 Å². The number of carbonyl (C=O) groups is 1. The van der Waals surface area contributed by atoms with E-state index < -0.39 is 6.10 Å². The fourth-order valence-electron chi connectivity index (χ4n) is 2.78. The molecule has 0 aromatic heterocycles. The highest BCUT2D eigenvalue weighted by Gasteiger charge is 2.31. The average molecular weight is 276 g/mol. The fraction of sp³-hybridized carbons (Fsp3) is 0.562. The Morgan fingerprint density at radius 2 is 2.00 bits per heavy atom. The van der Waals surface area contributed by atoms with Crippen molar-refractivity contribution in [1.29, 1.82) is 0 Å². The molecular formula is C16H24N2O2. The first kappa shape index (κ1) is 15.0. The number of carbonyl (C=O) groups excluding carboxylic acids is 1. The SMILES string of the molecule is NCCCCCCC(=O)N[C@H]1c2ccccc2C[C@H]1O. The topological polar surface area (TPSA) is 75.4 Å². The molecule has 4 nitrogen and oxygen atoms in total. The quantitative estimate of drug-likeness (QED) is 0.663. The van der Waals surface area contributed by atoms with Gasteiger partial charge in [0.2, 0.25) is 5.91 Å². The zero-order chi connectivity index (χ0) is 14.4. The second-order valence-corrected chi connectivity index (χ2v) is 5.47. The fourth-order valence-corrected chi connectivity index (χ4v) is 2.78. The van der Waals surface area contributed by atoms with Gasteiger partial charge in [0.05, 0.1) is 12.1 Å². The molecule has 4 N–H and O–H groups in total. The van der Waals surface area contributed by atoms with E-state index in [1.54, 1.807) is 0 Å². The van der Waals surface area contributed by atoms with E-state index in [-0.39, 0.29) is 11.9 Å². The maximum absolute atomic E-state index is 11.9. The van der Waals surface area contributed by atoms with Crippen LogP contribution in [0.2, 0.25) is 0 Å².